The van der Waals surface area contributed by atoms with Crippen LogP contribution in [0.4, 0.5) is 0 Å². The quantitative estimate of drug-likeness (QED) is 0.704. The molecule has 4 heteroatoms. The van der Waals surface area contributed by atoms with Gasteiger partial charge in [0.15, 0.2) is 0 Å². The Morgan fingerprint density at radius 2 is 2.27 bits per heavy atom. The van der Waals surface area contributed by atoms with E-state index in [2.05, 4.69) is 18.5 Å². The summed E-state index contributed by atoms with van der Waals surface area (Å²) in [6, 6.07) is 0.311. The average molecular weight is 231 g/mol. The van der Waals surface area contributed by atoms with Gasteiger partial charge in [0.1, 0.15) is 0 Å². The van der Waals surface area contributed by atoms with Crippen molar-refractivity contribution in [1.29, 1.82) is 0 Å². The molecule has 1 atom stereocenters. The summed E-state index contributed by atoms with van der Waals surface area (Å²) < 4.78 is 0.442. The van der Waals surface area contributed by atoms with E-state index < -0.39 is 5.97 Å². The molecule has 88 valence electrons. The molecule has 2 N–H and O–H groups in total. The molecule has 1 aliphatic carbocycles. The zero-order valence-corrected chi connectivity index (χ0v) is 10.4. The van der Waals surface area contributed by atoms with Gasteiger partial charge in [-0.25, -0.2) is 0 Å². The topological polar surface area (TPSA) is 49.3 Å². The van der Waals surface area contributed by atoms with Crippen LogP contribution in [0.3, 0.4) is 0 Å². The Labute approximate surface area is 96.0 Å². The first-order chi connectivity index (χ1) is 7.08. The Morgan fingerprint density at radius 3 is 2.67 bits per heavy atom. The number of carboxylic acids is 1. The maximum atomic E-state index is 10.4. The van der Waals surface area contributed by atoms with Crippen LogP contribution in [0.25, 0.3) is 0 Å². The van der Waals surface area contributed by atoms with Crippen molar-refractivity contribution in [2.45, 2.75) is 49.8 Å². The Morgan fingerprint density at radius 1 is 1.60 bits per heavy atom. The maximum absolute atomic E-state index is 10.4. The van der Waals surface area contributed by atoms with Crippen molar-refractivity contribution in [2.75, 3.05) is 12.8 Å². The third-order valence-electron chi connectivity index (χ3n) is 3.26. The highest BCUT2D eigenvalue weighted by molar-refractivity contribution is 8.00. The molecule has 0 amide bonds. The van der Waals surface area contributed by atoms with Gasteiger partial charge in [-0.2, -0.15) is 11.8 Å². The lowest BCUT2D eigenvalue weighted by Gasteiger charge is -2.41. The van der Waals surface area contributed by atoms with Crippen LogP contribution < -0.4 is 5.32 Å². The molecule has 1 rings (SSSR count). The SMILES string of the molecule is CSC1(CNC(C)CCC(=O)O)CCC1. The summed E-state index contributed by atoms with van der Waals surface area (Å²) in [5.74, 6) is -0.702. The summed E-state index contributed by atoms with van der Waals surface area (Å²) >= 11 is 1.95. The van der Waals surface area contributed by atoms with Crippen LogP contribution in [-0.2, 0) is 4.79 Å². The normalized spacial score (nSPS) is 20.7. The van der Waals surface area contributed by atoms with Crippen molar-refractivity contribution in [3.05, 3.63) is 0 Å². The van der Waals surface area contributed by atoms with Crippen molar-refractivity contribution in [3.8, 4) is 0 Å². The standard InChI is InChI=1S/C11H21NO2S/c1-9(4-5-10(13)14)12-8-11(15-2)6-3-7-11/h9,12H,3-8H2,1-2H3,(H,13,14). The van der Waals surface area contributed by atoms with Gasteiger partial charge in [-0.05, 0) is 32.4 Å². The van der Waals surface area contributed by atoms with Gasteiger partial charge in [-0.3, -0.25) is 4.79 Å². The highest BCUT2D eigenvalue weighted by Gasteiger charge is 2.35. The van der Waals surface area contributed by atoms with Gasteiger partial charge >= 0.3 is 5.97 Å². The minimum atomic E-state index is -0.702. The molecular formula is C11H21NO2S. The highest BCUT2D eigenvalue weighted by atomic mass is 32.2. The minimum absolute atomic E-state index is 0.264. The Balaban J connectivity index is 2.15. The van der Waals surface area contributed by atoms with Gasteiger partial charge in [0.25, 0.3) is 0 Å². The lowest BCUT2D eigenvalue weighted by Crippen LogP contribution is -2.45. The molecule has 0 spiro atoms. The number of rotatable bonds is 7. The first-order valence-electron chi connectivity index (χ1n) is 5.58. The largest absolute Gasteiger partial charge is 0.481 e. The van der Waals surface area contributed by atoms with Gasteiger partial charge in [-0.15, -0.1) is 0 Å². The van der Waals surface area contributed by atoms with E-state index >= 15 is 0 Å². The summed E-state index contributed by atoms with van der Waals surface area (Å²) in [7, 11) is 0. The van der Waals surface area contributed by atoms with E-state index in [1.807, 2.05) is 11.8 Å². The first kappa shape index (κ1) is 12.8. The second-order valence-electron chi connectivity index (χ2n) is 4.46. The van der Waals surface area contributed by atoms with E-state index in [0.717, 1.165) is 13.0 Å². The molecule has 0 aromatic rings. The number of nitrogens with one attached hydrogen (secondary N) is 1. The van der Waals surface area contributed by atoms with Crippen LogP contribution in [0.1, 0.15) is 39.0 Å². The van der Waals surface area contributed by atoms with Crippen LogP contribution in [0, 0.1) is 0 Å². The summed E-state index contributed by atoms with van der Waals surface area (Å²) in [5.41, 5.74) is 0. The van der Waals surface area contributed by atoms with Crippen molar-refractivity contribution in [3.63, 3.8) is 0 Å². The summed E-state index contributed by atoms with van der Waals surface area (Å²) in [6.07, 6.45) is 7.09. The van der Waals surface area contributed by atoms with Crippen LogP contribution >= 0.6 is 11.8 Å². The molecule has 15 heavy (non-hydrogen) atoms. The van der Waals surface area contributed by atoms with Crippen LogP contribution in [0.5, 0.6) is 0 Å². The Hall–Kier alpha value is -0.220. The fourth-order valence-electron chi connectivity index (χ4n) is 1.83. The predicted octanol–water partition coefficient (Wildman–Crippen LogP) is 2.11. The minimum Gasteiger partial charge on any atom is -0.481 e. The third kappa shape index (κ3) is 4.03. The Kier molecular flexibility index (Phi) is 4.93. The third-order valence-corrected chi connectivity index (χ3v) is 4.68. The fraction of sp³-hybridized carbons (Fsp3) is 0.909. The van der Waals surface area contributed by atoms with Gasteiger partial charge in [0.2, 0.25) is 0 Å². The molecular weight excluding hydrogens is 210 g/mol. The Bertz CT molecular complexity index is 211. The van der Waals surface area contributed by atoms with E-state index in [0.29, 0.717) is 10.8 Å². The van der Waals surface area contributed by atoms with Crippen LogP contribution in [0.2, 0.25) is 0 Å². The lowest BCUT2D eigenvalue weighted by atomic mass is 9.84. The molecule has 3 nitrogen and oxygen atoms in total. The molecule has 0 saturated heterocycles. The smallest absolute Gasteiger partial charge is 0.303 e. The second kappa shape index (κ2) is 5.75. The van der Waals surface area contributed by atoms with Gasteiger partial charge in [0.05, 0.1) is 0 Å². The molecule has 0 aromatic carbocycles. The number of carboxylic acid groups (broad SMARTS) is 1. The zero-order chi connectivity index (χ0) is 11.3. The first-order valence-corrected chi connectivity index (χ1v) is 6.81. The molecule has 0 aromatic heterocycles. The van der Waals surface area contributed by atoms with Gasteiger partial charge in [-0.1, -0.05) is 6.42 Å². The van der Waals surface area contributed by atoms with Gasteiger partial charge in [0, 0.05) is 23.8 Å². The van der Waals surface area contributed by atoms with Crippen molar-refractivity contribution in [1.82, 2.24) is 5.32 Å². The number of hydrogen-bond acceptors (Lipinski definition) is 3. The van der Waals surface area contributed by atoms with E-state index in [-0.39, 0.29) is 6.42 Å². The zero-order valence-electron chi connectivity index (χ0n) is 9.58. The molecule has 0 aliphatic heterocycles. The van der Waals surface area contributed by atoms with Crippen molar-refractivity contribution < 1.29 is 9.90 Å². The van der Waals surface area contributed by atoms with Gasteiger partial charge < -0.3 is 10.4 Å². The second-order valence-corrected chi connectivity index (χ2v) is 5.73. The molecule has 0 bridgehead atoms. The average Bonchev–Trinajstić information content (AvgIpc) is 2.14. The summed E-state index contributed by atoms with van der Waals surface area (Å²) in [4.78, 5) is 10.4. The van der Waals surface area contributed by atoms with Crippen LogP contribution in [-0.4, -0.2) is 34.7 Å². The number of thioether (sulfide) groups is 1. The van der Waals surface area contributed by atoms with E-state index in [9.17, 15) is 4.79 Å². The van der Waals surface area contributed by atoms with Crippen molar-refractivity contribution >= 4 is 17.7 Å². The lowest BCUT2D eigenvalue weighted by molar-refractivity contribution is -0.137. The van der Waals surface area contributed by atoms with Crippen molar-refractivity contribution in [2.24, 2.45) is 0 Å². The number of carbonyl (C=O) groups is 1. The molecule has 1 unspecified atom stereocenters. The molecule has 1 aliphatic rings. The molecule has 0 heterocycles. The number of aliphatic carboxylic acids is 1. The fourth-order valence-corrected chi connectivity index (χ4v) is 2.75. The van der Waals surface area contributed by atoms with E-state index in [1.54, 1.807) is 0 Å². The van der Waals surface area contributed by atoms with E-state index in [1.165, 1.54) is 19.3 Å². The molecule has 1 saturated carbocycles. The molecule has 0 radical (unpaired) electrons. The monoisotopic (exact) mass is 231 g/mol. The van der Waals surface area contributed by atoms with Crippen LogP contribution in [0.15, 0.2) is 0 Å². The highest BCUT2D eigenvalue weighted by Crippen LogP contribution is 2.42. The number of hydrogen-bond donors (Lipinski definition) is 2. The molecule has 1 fully saturated rings. The predicted molar refractivity (Wildman–Crippen MR) is 64.4 cm³/mol. The van der Waals surface area contributed by atoms with E-state index in [4.69, 9.17) is 5.11 Å². The summed E-state index contributed by atoms with van der Waals surface area (Å²) in [5, 5.41) is 12.0. The summed E-state index contributed by atoms with van der Waals surface area (Å²) in [6.45, 7) is 3.09. The maximum Gasteiger partial charge on any atom is 0.303 e.